The van der Waals surface area contributed by atoms with Gasteiger partial charge in [-0.25, -0.2) is 4.79 Å². The summed E-state index contributed by atoms with van der Waals surface area (Å²) in [6.45, 7) is 1.33. The number of benzene rings is 1. The second-order valence-electron chi connectivity index (χ2n) is 4.88. The Morgan fingerprint density at radius 2 is 1.86 bits per heavy atom. The molecule has 0 aliphatic heterocycles. The van der Waals surface area contributed by atoms with Crippen LogP contribution in [0.1, 0.15) is 31.4 Å². The molecule has 0 fully saturated rings. The second kappa shape index (κ2) is 7.60. The summed E-state index contributed by atoms with van der Waals surface area (Å²) in [7, 11) is 1.30. The van der Waals surface area contributed by atoms with E-state index in [0.717, 1.165) is 0 Å². The highest BCUT2D eigenvalue weighted by molar-refractivity contribution is 5.79. The third-order valence-electron chi connectivity index (χ3n) is 3.13. The molecule has 1 aromatic carbocycles. The van der Waals surface area contributed by atoms with Gasteiger partial charge in [0, 0.05) is 13.5 Å². The normalized spacial score (nSPS) is 15.9. The number of hydrogen-bond donors (Lipinski definition) is 1. The van der Waals surface area contributed by atoms with Gasteiger partial charge in [-0.3, -0.25) is 0 Å². The molecule has 0 aliphatic rings. The van der Waals surface area contributed by atoms with E-state index in [2.05, 4.69) is 4.74 Å². The van der Waals surface area contributed by atoms with Crippen LogP contribution in [0.3, 0.4) is 0 Å². The van der Waals surface area contributed by atoms with E-state index >= 15 is 0 Å². The van der Waals surface area contributed by atoms with Crippen molar-refractivity contribution in [1.82, 2.24) is 0 Å². The molecule has 0 saturated heterocycles. The summed E-state index contributed by atoms with van der Waals surface area (Å²) in [4.78, 5) is 11.8. The van der Waals surface area contributed by atoms with Crippen LogP contribution >= 0.6 is 0 Å². The molecule has 0 spiro atoms. The average molecular weight is 320 g/mol. The van der Waals surface area contributed by atoms with Gasteiger partial charge in [-0.2, -0.15) is 13.2 Å². The predicted octanol–water partition coefficient (Wildman–Crippen LogP) is 3.01. The van der Waals surface area contributed by atoms with Crippen molar-refractivity contribution in [3.63, 3.8) is 0 Å². The van der Waals surface area contributed by atoms with Crippen LogP contribution in [0.2, 0.25) is 0 Å². The quantitative estimate of drug-likeness (QED) is 0.785. The molecule has 0 radical (unpaired) electrons. The van der Waals surface area contributed by atoms with E-state index in [1.807, 2.05) is 0 Å². The van der Waals surface area contributed by atoms with Crippen LogP contribution in [0.4, 0.5) is 13.2 Å². The van der Waals surface area contributed by atoms with Crippen LogP contribution in [0, 0.1) is 0 Å². The van der Waals surface area contributed by atoms with Crippen LogP contribution < -0.4 is 0 Å². The van der Waals surface area contributed by atoms with Crippen LogP contribution in [-0.2, 0) is 14.3 Å². The molecule has 0 heterocycles. The van der Waals surface area contributed by atoms with Crippen molar-refractivity contribution < 1.29 is 32.5 Å². The van der Waals surface area contributed by atoms with Gasteiger partial charge in [0.2, 0.25) is 0 Å². The summed E-state index contributed by atoms with van der Waals surface area (Å²) in [6.07, 6.45) is -7.81. The highest BCUT2D eigenvalue weighted by Crippen LogP contribution is 2.36. The number of carbonyl (C=O) groups is 1. The summed E-state index contributed by atoms with van der Waals surface area (Å²) in [5.74, 6) is -1.30. The zero-order valence-corrected chi connectivity index (χ0v) is 12.4. The molecule has 0 unspecified atom stereocenters. The molecule has 0 bridgehead atoms. The standard InChI is InChI=1S/C15H19F3O4/c1-3-22-13(19)14(20,10-15(16,17)18)9-12(21-2)11-7-5-4-6-8-11/h4-8,12,20H,3,9-10H2,1-2H3/t12-,14-/m1/s1. The molecule has 124 valence electrons. The molecule has 0 aromatic heterocycles. The summed E-state index contributed by atoms with van der Waals surface area (Å²) in [6, 6.07) is 8.41. The maximum atomic E-state index is 12.7. The van der Waals surface area contributed by atoms with Crippen LogP contribution in [-0.4, -0.2) is 36.6 Å². The first-order valence-electron chi connectivity index (χ1n) is 6.76. The van der Waals surface area contributed by atoms with Crippen LogP contribution in [0.15, 0.2) is 30.3 Å². The Morgan fingerprint density at radius 1 is 1.27 bits per heavy atom. The van der Waals surface area contributed by atoms with Crippen molar-refractivity contribution in [2.75, 3.05) is 13.7 Å². The van der Waals surface area contributed by atoms with Gasteiger partial charge < -0.3 is 14.6 Å². The van der Waals surface area contributed by atoms with Gasteiger partial charge in [-0.05, 0) is 12.5 Å². The van der Waals surface area contributed by atoms with Crippen molar-refractivity contribution in [2.24, 2.45) is 0 Å². The molecular formula is C15H19F3O4. The van der Waals surface area contributed by atoms with Gasteiger partial charge in [0.15, 0.2) is 5.60 Å². The lowest BCUT2D eigenvalue weighted by atomic mass is 9.89. The molecule has 1 rings (SSSR count). The largest absolute Gasteiger partial charge is 0.464 e. The van der Waals surface area contributed by atoms with Crippen molar-refractivity contribution in [1.29, 1.82) is 0 Å². The molecule has 2 atom stereocenters. The number of esters is 1. The minimum Gasteiger partial charge on any atom is -0.464 e. The molecule has 0 amide bonds. The average Bonchev–Trinajstić information content (AvgIpc) is 2.44. The van der Waals surface area contributed by atoms with E-state index in [1.165, 1.54) is 14.0 Å². The van der Waals surface area contributed by atoms with E-state index in [4.69, 9.17) is 4.74 Å². The van der Waals surface area contributed by atoms with Crippen molar-refractivity contribution in [3.8, 4) is 0 Å². The predicted molar refractivity (Wildman–Crippen MR) is 73.1 cm³/mol. The Kier molecular flexibility index (Phi) is 6.37. The SMILES string of the molecule is CCOC(=O)[C@@](O)(C[C@@H](OC)c1ccccc1)CC(F)(F)F. The molecule has 0 saturated carbocycles. The second-order valence-corrected chi connectivity index (χ2v) is 4.88. The van der Waals surface area contributed by atoms with Crippen LogP contribution in [0.5, 0.6) is 0 Å². The Labute approximate surface area is 126 Å². The van der Waals surface area contributed by atoms with E-state index in [-0.39, 0.29) is 6.61 Å². The monoisotopic (exact) mass is 320 g/mol. The molecule has 1 aromatic rings. The minimum atomic E-state index is -4.71. The fourth-order valence-electron chi connectivity index (χ4n) is 2.14. The molecule has 22 heavy (non-hydrogen) atoms. The fourth-order valence-corrected chi connectivity index (χ4v) is 2.14. The molecule has 4 nitrogen and oxygen atoms in total. The molecule has 1 N–H and O–H groups in total. The number of methoxy groups -OCH3 is 1. The number of rotatable bonds is 7. The Balaban J connectivity index is 3.03. The molecule has 7 heteroatoms. The Hall–Kier alpha value is -1.60. The van der Waals surface area contributed by atoms with Gasteiger partial charge in [-0.1, -0.05) is 30.3 Å². The number of alkyl halides is 3. The Morgan fingerprint density at radius 3 is 2.32 bits per heavy atom. The Bertz CT molecular complexity index is 475. The third kappa shape index (κ3) is 5.31. The third-order valence-corrected chi connectivity index (χ3v) is 3.13. The smallest absolute Gasteiger partial charge is 0.392 e. The zero-order valence-electron chi connectivity index (χ0n) is 12.4. The van der Waals surface area contributed by atoms with E-state index in [9.17, 15) is 23.1 Å². The number of aliphatic hydroxyl groups is 1. The van der Waals surface area contributed by atoms with Gasteiger partial charge in [0.1, 0.15) is 0 Å². The lowest BCUT2D eigenvalue weighted by Crippen LogP contribution is -2.45. The molecule has 0 aliphatic carbocycles. The summed E-state index contributed by atoms with van der Waals surface area (Å²) in [5, 5.41) is 10.2. The maximum Gasteiger partial charge on any atom is 0.392 e. The lowest BCUT2D eigenvalue weighted by Gasteiger charge is -2.30. The first-order valence-corrected chi connectivity index (χ1v) is 6.76. The van der Waals surface area contributed by atoms with Crippen molar-refractivity contribution >= 4 is 5.97 Å². The molecular weight excluding hydrogens is 301 g/mol. The number of hydrogen-bond acceptors (Lipinski definition) is 4. The number of halogens is 3. The van der Waals surface area contributed by atoms with E-state index < -0.39 is 36.7 Å². The first kappa shape index (κ1) is 18.4. The minimum absolute atomic E-state index is 0.123. The summed E-state index contributed by atoms with van der Waals surface area (Å²) >= 11 is 0. The van der Waals surface area contributed by atoms with Crippen LogP contribution in [0.25, 0.3) is 0 Å². The maximum absolute atomic E-state index is 12.7. The highest BCUT2D eigenvalue weighted by atomic mass is 19.4. The summed E-state index contributed by atoms with van der Waals surface area (Å²) < 4.78 is 47.8. The van der Waals surface area contributed by atoms with Gasteiger partial charge >= 0.3 is 12.1 Å². The van der Waals surface area contributed by atoms with Crippen molar-refractivity contribution in [3.05, 3.63) is 35.9 Å². The number of ether oxygens (including phenoxy) is 2. The zero-order chi connectivity index (χ0) is 16.8. The van der Waals surface area contributed by atoms with E-state index in [1.54, 1.807) is 30.3 Å². The fraction of sp³-hybridized carbons (Fsp3) is 0.533. The van der Waals surface area contributed by atoms with E-state index in [0.29, 0.717) is 5.56 Å². The highest BCUT2D eigenvalue weighted by Gasteiger charge is 2.49. The van der Waals surface area contributed by atoms with Gasteiger partial charge in [0.25, 0.3) is 0 Å². The van der Waals surface area contributed by atoms with Crippen molar-refractivity contribution in [2.45, 2.75) is 37.6 Å². The summed E-state index contributed by atoms with van der Waals surface area (Å²) in [5.41, 5.74) is -2.12. The topological polar surface area (TPSA) is 55.8 Å². The number of carbonyl (C=O) groups excluding carboxylic acids is 1. The first-order chi connectivity index (χ1) is 10.2. The van der Waals surface area contributed by atoms with Gasteiger partial charge in [-0.15, -0.1) is 0 Å². The van der Waals surface area contributed by atoms with Gasteiger partial charge in [0.05, 0.1) is 19.1 Å². The lowest BCUT2D eigenvalue weighted by molar-refractivity contribution is -0.203.